The standard InChI is InChI=1S/C24H20FN3O3/c1-27(2)18-8-3-15(4-9-18)14-26-22(29)16-5-12-20-21(13-16)24(31)28(23(20)30)19-10-6-17(25)7-11-19/h3-13H,14H2,1-2H3,(H,26,29). The summed E-state index contributed by atoms with van der Waals surface area (Å²) in [7, 11) is 3.90. The predicted molar refractivity (Wildman–Crippen MR) is 116 cm³/mol. The number of amides is 3. The number of carbonyl (C=O) groups excluding carboxylic acids is 3. The fourth-order valence-electron chi connectivity index (χ4n) is 3.40. The zero-order chi connectivity index (χ0) is 22.1. The monoisotopic (exact) mass is 417 g/mol. The number of hydrogen-bond donors (Lipinski definition) is 1. The quantitative estimate of drug-likeness (QED) is 0.644. The van der Waals surface area contributed by atoms with Crippen LogP contribution in [-0.4, -0.2) is 31.8 Å². The van der Waals surface area contributed by atoms with E-state index in [4.69, 9.17) is 0 Å². The van der Waals surface area contributed by atoms with Gasteiger partial charge >= 0.3 is 0 Å². The average Bonchev–Trinajstić information content (AvgIpc) is 3.02. The first-order valence-electron chi connectivity index (χ1n) is 9.68. The number of imide groups is 1. The van der Waals surface area contributed by atoms with Gasteiger partial charge in [0.1, 0.15) is 5.82 Å². The summed E-state index contributed by atoms with van der Waals surface area (Å²) < 4.78 is 13.2. The summed E-state index contributed by atoms with van der Waals surface area (Å²) in [4.78, 5) is 41.0. The van der Waals surface area contributed by atoms with Crippen molar-refractivity contribution in [3.63, 3.8) is 0 Å². The van der Waals surface area contributed by atoms with Gasteiger partial charge in [0, 0.05) is 31.9 Å². The third kappa shape index (κ3) is 3.90. The van der Waals surface area contributed by atoms with Gasteiger partial charge in [-0.1, -0.05) is 12.1 Å². The van der Waals surface area contributed by atoms with Crippen molar-refractivity contribution in [2.75, 3.05) is 23.9 Å². The lowest BCUT2D eigenvalue weighted by atomic mass is 10.1. The number of anilines is 2. The molecule has 0 spiro atoms. The summed E-state index contributed by atoms with van der Waals surface area (Å²) in [6.45, 7) is 0.332. The van der Waals surface area contributed by atoms with Crippen molar-refractivity contribution in [2.24, 2.45) is 0 Å². The van der Waals surface area contributed by atoms with Gasteiger partial charge in [0.2, 0.25) is 0 Å². The van der Waals surface area contributed by atoms with Crippen molar-refractivity contribution in [2.45, 2.75) is 6.54 Å². The van der Waals surface area contributed by atoms with E-state index in [1.54, 1.807) is 0 Å². The number of benzene rings is 3. The third-order valence-corrected chi connectivity index (χ3v) is 5.14. The second-order valence-corrected chi connectivity index (χ2v) is 7.43. The van der Waals surface area contributed by atoms with Crippen LogP contribution in [0, 0.1) is 5.82 Å². The van der Waals surface area contributed by atoms with Gasteiger partial charge in [-0.25, -0.2) is 9.29 Å². The normalized spacial score (nSPS) is 12.7. The Morgan fingerprint density at radius 2 is 1.55 bits per heavy atom. The maximum absolute atomic E-state index is 13.2. The van der Waals surface area contributed by atoms with E-state index in [1.807, 2.05) is 43.3 Å². The SMILES string of the molecule is CN(C)c1ccc(CNC(=O)c2ccc3c(c2)C(=O)N(c2ccc(F)cc2)C3=O)cc1. The molecule has 0 aromatic heterocycles. The molecule has 0 bridgehead atoms. The smallest absolute Gasteiger partial charge is 0.266 e. The first kappa shape index (κ1) is 20.3. The molecule has 1 aliphatic heterocycles. The van der Waals surface area contributed by atoms with Gasteiger partial charge < -0.3 is 10.2 Å². The minimum Gasteiger partial charge on any atom is -0.378 e. The Bertz CT molecular complexity index is 1170. The number of carbonyl (C=O) groups is 3. The molecule has 156 valence electrons. The molecule has 0 unspecified atom stereocenters. The van der Waals surface area contributed by atoms with Crippen LogP contribution in [0.25, 0.3) is 0 Å². The van der Waals surface area contributed by atoms with E-state index >= 15 is 0 Å². The van der Waals surface area contributed by atoms with Crippen LogP contribution < -0.4 is 15.1 Å². The topological polar surface area (TPSA) is 69.7 Å². The lowest BCUT2D eigenvalue weighted by molar-refractivity contribution is 0.0923. The minimum absolute atomic E-state index is 0.150. The van der Waals surface area contributed by atoms with E-state index in [2.05, 4.69) is 5.32 Å². The molecule has 3 amide bonds. The Kier molecular flexibility index (Phi) is 5.25. The average molecular weight is 417 g/mol. The predicted octanol–water partition coefficient (Wildman–Crippen LogP) is 3.62. The summed E-state index contributed by atoms with van der Waals surface area (Å²) >= 11 is 0. The van der Waals surface area contributed by atoms with Crippen LogP contribution in [0.4, 0.5) is 15.8 Å². The second-order valence-electron chi connectivity index (χ2n) is 7.43. The maximum Gasteiger partial charge on any atom is 0.266 e. The van der Waals surface area contributed by atoms with Crippen molar-refractivity contribution < 1.29 is 18.8 Å². The van der Waals surface area contributed by atoms with Crippen molar-refractivity contribution >= 4 is 29.1 Å². The Morgan fingerprint density at radius 3 is 2.19 bits per heavy atom. The highest BCUT2D eigenvalue weighted by Crippen LogP contribution is 2.29. The van der Waals surface area contributed by atoms with Gasteiger partial charge in [0.25, 0.3) is 17.7 Å². The molecule has 4 rings (SSSR count). The molecule has 6 nitrogen and oxygen atoms in total. The van der Waals surface area contributed by atoms with E-state index < -0.39 is 17.6 Å². The van der Waals surface area contributed by atoms with Crippen LogP contribution in [0.15, 0.2) is 66.7 Å². The molecule has 0 aliphatic carbocycles. The Labute approximate surface area is 178 Å². The molecule has 0 saturated heterocycles. The van der Waals surface area contributed by atoms with E-state index in [-0.39, 0.29) is 28.3 Å². The van der Waals surface area contributed by atoms with Gasteiger partial charge in [0.05, 0.1) is 16.8 Å². The largest absolute Gasteiger partial charge is 0.378 e. The zero-order valence-electron chi connectivity index (χ0n) is 17.1. The van der Waals surface area contributed by atoms with Crippen LogP contribution in [0.2, 0.25) is 0 Å². The summed E-state index contributed by atoms with van der Waals surface area (Å²) in [6.07, 6.45) is 0. The van der Waals surface area contributed by atoms with Crippen LogP contribution in [0.1, 0.15) is 36.6 Å². The Morgan fingerprint density at radius 1 is 0.903 bits per heavy atom. The van der Waals surface area contributed by atoms with E-state index in [0.29, 0.717) is 6.54 Å². The molecule has 31 heavy (non-hydrogen) atoms. The number of fused-ring (bicyclic) bond motifs is 1. The highest BCUT2D eigenvalue weighted by molar-refractivity contribution is 6.34. The van der Waals surface area contributed by atoms with Gasteiger partial charge in [-0.3, -0.25) is 14.4 Å². The molecule has 0 radical (unpaired) electrons. The molecule has 1 heterocycles. The fourth-order valence-corrected chi connectivity index (χ4v) is 3.40. The molecule has 1 N–H and O–H groups in total. The lowest BCUT2D eigenvalue weighted by Crippen LogP contribution is -2.29. The molecule has 3 aromatic carbocycles. The van der Waals surface area contributed by atoms with Crippen LogP contribution in [0.5, 0.6) is 0 Å². The summed E-state index contributed by atoms with van der Waals surface area (Å²) in [5.41, 5.74) is 2.92. The number of rotatable bonds is 5. The third-order valence-electron chi connectivity index (χ3n) is 5.14. The first-order valence-corrected chi connectivity index (χ1v) is 9.68. The molecule has 3 aromatic rings. The van der Waals surface area contributed by atoms with Gasteiger partial charge in [-0.05, 0) is 60.2 Å². The second kappa shape index (κ2) is 8.02. The van der Waals surface area contributed by atoms with E-state index in [0.717, 1.165) is 16.2 Å². The Hall–Kier alpha value is -4.00. The summed E-state index contributed by atoms with van der Waals surface area (Å²) in [5.74, 6) is -1.85. The summed E-state index contributed by atoms with van der Waals surface area (Å²) in [6, 6.07) is 17.3. The molecule has 0 fully saturated rings. The number of nitrogens with zero attached hydrogens (tertiary/aromatic N) is 2. The highest BCUT2D eigenvalue weighted by Gasteiger charge is 2.37. The van der Waals surface area contributed by atoms with Crippen LogP contribution in [0.3, 0.4) is 0 Å². The van der Waals surface area contributed by atoms with Crippen molar-refractivity contribution in [3.05, 3.63) is 94.8 Å². The van der Waals surface area contributed by atoms with E-state index in [9.17, 15) is 18.8 Å². The minimum atomic E-state index is -0.541. The molecular weight excluding hydrogens is 397 g/mol. The van der Waals surface area contributed by atoms with Crippen molar-refractivity contribution in [3.8, 4) is 0 Å². The Balaban J connectivity index is 1.50. The number of hydrogen-bond acceptors (Lipinski definition) is 4. The zero-order valence-corrected chi connectivity index (χ0v) is 17.1. The molecule has 1 aliphatic rings. The van der Waals surface area contributed by atoms with Crippen molar-refractivity contribution in [1.82, 2.24) is 5.32 Å². The summed E-state index contributed by atoms with van der Waals surface area (Å²) in [5, 5.41) is 2.83. The maximum atomic E-state index is 13.2. The van der Waals surface area contributed by atoms with Gasteiger partial charge in [0.15, 0.2) is 0 Å². The highest BCUT2D eigenvalue weighted by atomic mass is 19.1. The number of halogens is 1. The van der Waals surface area contributed by atoms with Crippen LogP contribution in [-0.2, 0) is 6.54 Å². The molecular formula is C24H20FN3O3. The van der Waals surface area contributed by atoms with E-state index in [1.165, 1.54) is 42.5 Å². The molecule has 0 atom stereocenters. The van der Waals surface area contributed by atoms with Gasteiger partial charge in [-0.15, -0.1) is 0 Å². The van der Waals surface area contributed by atoms with Gasteiger partial charge in [-0.2, -0.15) is 0 Å². The lowest BCUT2D eigenvalue weighted by Gasteiger charge is -2.13. The molecule has 7 heteroatoms. The van der Waals surface area contributed by atoms with Crippen LogP contribution >= 0.6 is 0 Å². The van der Waals surface area contributed by atoms with Crippen molar-refractivity contribution in [1.29, 1.82) is 0 Å². The molecule has 0 saturated carbocycles. The first-order chi connectivity index (χ1) is 14.8. The fraction of sp³-hybridized carbons (Fsp3) is 0.125. The number of nitrogens with one attached hydrogen (secondary N) is 1.